The number of aryl methyl sites for hydroxylation is 2. The fraction of sp³-hybridized carbons (Fsp3) is 0.381. The molecule has 0 bridgehead atoms. The van der Waals surface area contributed by atoms with Crippen LogP contribution in [0.2, 0.25) is 0 Å². The Morgan fingerprint density at radius 3 is 2.64 bits per heavy atom. The highest BCUT2D eigenvalue weighted by Crippen LogP contribution is 2.26. The van der Waals surface area contributed by atoms with Crippen LogP contribution in [-0.2, 0) is 17.6 Å². The standard InChI is InChI=1S/C21H25NO3/c1-15(2)25-20-10-6-5-9-19(20)22-21(23)14-24-18-12-11-16-7-3-4-8-17(16)13-18/h5-6,9-13,15H,3-4,7-8,14H2,1-2H3,(H,22,23). The molecule has 0 spiro atoms. The third-order valence-electron chi connectivity index (χ3n) is 4.21. The van der Waals surface area contributed by atoms with E-state index in [-0.39, 0.29) is 18.6 Å². The summed E-state index contributed by atoms with van der Waals surface area (Å²) in [6.07, 6.45) is 4.77. The minimum atomic E-state index is -0.197. The van der Waals surface area contributed by atoms with E-state index in [1.807, 2.05) is 44.2 Å². The summed E-state index contributed by atoms with van der Waals surface area (Å²) in [5.41, 5.74) is 3.41. The second-order valence-corrected chi connectivity index (χ2v) is 6.64. The number of amides is 1. The van der Waals surface area contributed by atoms with Crippen molar-refractivity contribution in [1.82, 2.24) is 0 Å². The molecule has 1 aliphatic carbocycles. The highest BCUT2D eigenvalue weighted by Gasteiger charge is 2.12. The second-order valence-electron chi connectivity index (χ2n) is 6.64. The van der Waals surface area contributed by atoms with Crippen molar-refractivity contribution >= 4 is 11.6 Å². The normalized spacial score (nSPS) is 13.2. The van der Waals surface area contributed by atoms with Crippen LogP contribution in [0, 0.1) is 0 Å². The van der Waals surface area contributed by atoms with Gasteiger partial charge >= 0.3 is 0 Å². The molecule has 0 radical (unpaired) electrons. The maximum absolute atomic E-state index is 12.2. The lowest BCUT2D eigenvalue weighted by atomic mass is 9.92. The minimum absolute atomic E-state index is 0.0190. The van der Waals surface area contributed by atoms with Gasteiger partial charge in [0, 0.05) is 0 Å². The number of carbonyl (C=O) groups is 1. The summed E-state index contributed by atoms with van der Waals surface area (Å²) < 4.78 is 11.4. The second kappa shape index (κ2) is 8.06. The van der Waals surface area contributed by atoms with Crippen molar-refractivity contribution in [1.29, 1.82) is 0 Å². The molecule has 4 heteroatoms. The Morgan fingerprint density at radius 2 is 1.84 bits per heavy atom. The van der Waals surface area contributed by atoms with E-state index in [1.54, 1.807) is 0 Å². The van der Waals surface area contributed by atoms with E-state index in [0.717, 1.165) is 18.6 Å². The van der Waals surface area contributed by atoms with Crippen LogP contribution in [0.1, 0.15) is 37.8 Å². The fourth-order valence-corrected chi connectivity index (χ4v) is 3.06. The predicted octanol–water partition coefficient (Wildman–Crippen LogP) is 4.37. The quantitative estimate of drug-likeness (QED) is 0.850. The van der Waals surface area contributed by atoms with E-state index < -0.39 is 0 Å². The number of nitrogens with one attached hydrogen (secondary N) is 1. The van der Waals surface area contributed by atoms with Gasteiger partial charge in [0.05, 0.1) is 11.8 Å². The molecule has 0 heterocycles. The number of hydrogen-bond acceptors (Lipinski definition) is 3. The highest BCUT2D eigenvalue weighted by atomic mass is 16.5. The molecule has 4 nitrogen and oxygen atoms in total. The highest BCUT2D eigenvalue weighted by molar-refractivity contribution is 5.93. The first-order valence-electron chi connectivity index (χ1n) is 8.92. The van der Waals surface area contributed by atoms with Gasteiger partial charge in [-0.1, -0.05) is 18.2 Å². The third kappa shape index (κ3) is 4.75. The Hall–Kier alpha value is -2.49. The monoisotopic (exact) mass is 339 g/mol. The van der Waals surface area contributed by atoms with Crippen LogP contribution in [0.4, 0.5) is 5.69 Å². The minimum Gasteiger partial charge on any atom is -0.489 e. The van der Waals surface area contributed by atoms with E-state index in [2.05, 4.69) is 17.4 Å². The molecule has 0 fully saturated rings. The number of carbonyl (C=O) groups excluding carboxylic acids is 1. The largest absolute Gasteiger partial charge is 0.489 e. The Labute approximate surface area is 149 Å². The summed E-state index contributed by atoms with van der Waals surface area (Å²) in [7, 11) is 0. The molecule has 3 rings (SSSR count). The van der Waals surface area contributed by atoms with Crippen molar-refractivity contribution in [2.45, 2.75) is 45.6 Å². The van der Waals surface area contributed by atoms with E-state index >= 15 is 0 Å². The van der Waals surface area contributed by atoms with Crippen molar-refractivity contribution in [3.63, 3.8) is 0 Å². The Morgan fingerprint density at radius 1 is 1.08 bits per heavy atom. The fourth-order valence-electron chi connectivity index (χ4n) is 3.06. The number of ether oxygens (including phenoxy) is 2. The van der Waals surface area contributed by atoms with E-state index in [1.165, 1.54) is 24.0 Å². The lowest BCUT2D eigenvalue weighted by molar-refractivity contribution is -0.118. The van der Waals surface area contributed by atoms with Gasteiger partial charge in [0.25, 0.3) is 5.91 Å². The van der Waals surface area contributed by atoms with Crippen LogP contribution >= 0.6 is 0 Å². The summed E-state index contributed by atoms with van der Waals surface area (Å²) in [5.74, 6) is 1.22. The van der Waals surface area contributed by atoms with Gasteiger partial charge in [-0.25, -0.2) is 0 Å². The number of hydrogen-bond donors (Lipinski definition) is 1. The van der Waals surface area contributed by atoms with Crippen LogP contribution in [-0.4, -0.2) is 18.6 Å². The average Bonchev–Trinajstić information content (AvgIpc) is 2.61. The molecule has 0 saturated carbocycles. The van der Waals surface area contributed by atoms with Gasteiger partial charge in [-0.2, -0.15) is 0 Å². The molecule has 1 amide bonds. The zero-order chi connectivity index (χ0) is 17.6. The van der Waals surface area contributed by atoms with E-state index in [4.69, 9.17) is 9.47 Å². The molecule has 2 aromatic carbocycles. The maximum atomic E-state index is 12.2. The van der Waals surface area contributed by atoms with Crippen molar-refractivity contribution in [2.75, 3.05) is 11.9 Å². The van der Waals surface area contributed by atoms with E-state index in [9.17, 15) is 4.79 Å². The Bertz CT molecular complexity index is 740. The van der Waals surface area contributed by atoms with Gasteiger partial charge < -0.3 is 14.8 Å². The lowest BCUT2D eigenvalue weighted by Gasteiger charge is -2.17. The first kappa shape index (κ1) is 17.3. The predicted molar refractivity (Wildman–Crippen MR) is 99.4 cm³/mol. The van der Waals surface area contributed by atoms with Crippen LogP contribution in [0.15, 0.2) is 42.5 Å². The van der Waals surface area contributed by atoms with Crippen molar-refractivity contribution < 1.29 is 14.3 Å². The molecular formula is C21H25NO3. The molecule has 0 atom stereocenters. The summed E-state index contributed by atoms with van der Waals surface area (Å²) in [6, 6.07) is 13.6. The molecule has 0 aromatic heterocycles. The molecular weight excluding hydrogens is 314 g/mol. The zero-order valence-corrected chi connectivity index (χ0v) is 14.9. The average molecular weight is 339 g/mol. The van der Waals surface area contributed by atoms with Crippen LogP contribution < -0.4 is 14.8 Å². The molecule has 0 aliphatic heterocycles. The first-order chi connectivity index (χ1) is 12.1. The molecule has 1 aliphatic rings. The number of benzene rings is 2. The van der Waals surface area contributed by atoms with Gasteiger partial charge in [0.15, 0.2) is 6.61 Å². The first-order valence-corrected chi connectivity index (χ1v) is 8.92. The van der Waals surface area contributed by atoms with Gasteiger partial charge in [-0.05, 0) is 74.9 Å². The van der Waals surface area contributed by atoms with Crippen molar-refractivity contribution in [2.24, 2.45) is 0 Å². The van der Waals surface area contributed by atoms with Gasteiger partial charge in [-0.3, -0.25) is 4.79 Å². The number of rotatable bonds is 6. The van der Waals surface area contributed by atoms with E-state index in [0.29, 0.717) is 11.4 Å². The molecule has 0 saturated heterocycles. The summed E-state index contributed by atoms with van der Waals surface area (Å²) in [4.78, 5) is 12.2. The number of anilines is 1. The maximum Gasteiger partial charge on any atom is 0.262 e. The van der Waals surface area contributed by atoms with Crippen LogP contribution in [0.25, 0.3) is 0 Å². The summed E-state index contributed by atoms with van der Waals surface area (Å²) in [5, 5.41) is 2.86. The molecule has 132 valence electrons. The molecule has 0 unspecified atom stereocenters. The number of fused-ring (bicyclic) bond motifs is 1. The Balaban J connectivity index is 1.58. The van der Waals surface area contributed by atoms with Crippen molar-refractivity contribution in [3.8, 4) is 11.5 Å². The van der Waals surface area contributed by atoms with Crippen LogP contribution in [0.5, 0.6) is 11.5 Å². The zero-order valence-electron chi connectivity index (χ0n) is 14.9. The Kier molecular flexibility index (Phi) is 5.59. The van der Waals surface area contributed by atoms with Crippen LogP contribution in [0.3, 0.4) is 0 Å². The van der Waals surface area contributed by atoms with Gasteiger partial charge in [-0.15, -0.1) is 0 Å². The van der Waals surface area contributed by atoms with Gasteiger partial charge in [0.1, 0.15) is 11.5 Å². The topological polar surface area (TPSA) is 47.6 Å². The molecule has 2 aromatic rings. The van der Waals surface area contributed by atoms with Crippen molar-refractivity contribution in [3.05, 3.63) is 53.6 Å². The third-order valence-corrected chi connectivity index (χ3v) is 4.21. The number of para-hydroxylation sites is 2. The summed E-state index contributed by atoms with van der Waals surface area (Å²) in [6.45, 7) is 3.89. The SMILES string of the molecule is CC(C)Oc1ccccc1NC(=O)COc1ccc2c(c1)CCCC2. The molecule has 1 N–H and O–H groups in total. The van der Waals surface area contributed by atoms with Gasteiger partial charge in [0.2, 0.25) is 0 Å². The smallest absolute Gasteiger partial charge is 0.262 e. The summed E-state index contributed by atoms with van der Waals surface area (Å²) >= 11 is 0. The lowest BCUT2D eigenvalue weighted by Crippen LogP contribution is -2.21. The molecule has 25 heavy (non-hydrogen) atoms.